The van der Waals surface area contributed by atoms with E-state index in [0.29, 0.717) is 13.2 Å². The molecule has 0 unspecified atom stereocenters. The standard InChI is InChI=1S/C17H23N3OS/c1-4-21-16-8-6-5-7-14(16)11-19-17(18-3)20-12-15-10-9-13(2)22-15/h5-10H,4,11-12H2,1-3H3,(H2,18,19,20). The van der Waals surface area contributed by atoms with Crippen LogP contribution in [0.4, 0.5) is 0 Å². The Labute approximate surface area is 136 Å². The summed E-state index contributed by atoms with van der Waals surface area (Å²) < 4.78 is 5.64. The maximum Gasteiger partial charge on any atom is 0.191 e. The molecule has 0 aliphatic carbocycles. The molecule has 0 bridgehead atoms. The highest BCUT2D eigenvalue weighted by molar-refractivity contribution is 7.11. The van der Waals surface area contributed by atoms with Crippen LogP contribution in [0.5, 0.6) is 5.75 Å². The number of ether oxygens (including phenoxy) is 1. The number of hydrogen-bond acceptors (Lipinski definition) is 3. The summed E-state index contributed by atoms with van der Waals surface area (Å²) in [4.78, 5) is 6.88. The highest BCUT2D eigenvalue weighted by Crippen LogP contribution is 2.17. The minimum atomic E-state index is 0.668. The molecule has 0 aliphatic heterocycles. The summed E-state index contributed by atoms with van der Waals surface area (Å²) in [5.41, 5.74) is 1.12. The van der Waals surface area contributed by atoms with Crippen molar-refractivity contribution in [1.82, 2.24) is 10.6 Å². The molecule has 4 nitrogen and oxygen atoms in total. The Morgan fingerprint density at radius 2 is 1.91 bits per heavy atom. The number of nitrogens with one attached hydrogen (secondary N) is 2. The van der Waals surface area contributed by atoms with Gasteiger partial charge in [-0.05, 0) is 32.0 Å². The molecule has 1 aromatic carbocycles. The van der Waals surface area contributed by atoms with Gasteiger partial charge < -0.3 is 15.4 Å². The number of nitrogens with zero attached hydrogens (tertiary/aromatic N) is 1. The second kappa shape index (κ2) is 8.44. The Morgan fingerprint density at radius 1 is 1.14 bits per heavy atom. The van der Waals surface area contributed by atoms with Crippen molar-refractivity contribution in [2.75, 3.05) is 13.7 Å². The van der Waals surface area contributed by atoms with Crippen LogP contribution in [0.2, 0.25) is 0 Å². The highest BCUT2D eigenvalue weighted by atomic mass is 32.1. The molecular weight excluding hydrogens is 294 g/mol. The molecule has 0 radical (unpaired) electrons. The van der Waals surface area contributed by atoms with Crippen molar-refractivity contribution >= 4 is 17.3 Å². The molecule has 1 heterocycles. The summed E-state index contributed by atoms with van der Waals surface area (Å²) in [7, 11) is 1.78. The van der Waals surface area contributed by atoms with Crippen LogP contribution in [0, 0.1) is 6.92 Å². The quantitative estimate of drug-likeness (QED) is 0.634. The van der Waals surface area contributed by atoms with Gasteiger partial charge in [-0.3, -0.25) is 4.99 Å². The van der Waals surface area contributed by atoms with Crippen LogP contribution in [-0.2, 0) is 13.1 Å². The molecule has 0 saturated carbocycles. The van der Waals surface area contributed by atoms with Crippen molar-refractivity contribution in [2.24, 2.45) is 4.99 Å². The lowest BCUT2D eigenvalue weighted by atomic mass is 10.2. The maximum atomic E-state index is 5.64. The monoisotopic (exact) mass is 317 g/mol. The van der Waals surface area contributed by atoms with Gasteiger partial charge in [-0.2, -0.15) is 0 Å². The average Bonchev–Trinajstić information content (AvgIpc) is 2.95. The Hall–Kier alpha value is -2.01. The van der Waals surface area contributed by atoms with Crippen molar-refractivity contribution in [1.29, 1.82) is 0 Å². The van der Waals surface area contributed by atoms with Gasteiger partial charge in [0.15, 0.2) is 5.96 Å². The molecule has 0 fully saturated rings. The number of hydrogen-bond donors (Lipinski definition) is 2. The van der Waals surface area contributed by atoms with Crippen LogP contribution in [0.3, 0.4) is 0 Å². The van der Waals surface area contributed by atoms with Crippen LogP contribution in [0.25, 0.3) is 0 Å². The smallest absolute Gasteiger partial charge is 0.191 e. The summed E-state index contributed by atoms with van der Waals surface area (Å²) in [5.74, 6) is 1.71. The molecular formula is C17H23N3OS. The number of aryl methyl sites for hydroxylation is 1. The Balaban J connectivity index is 1.88. The number of para-hydroxylation sites is 1. The lowest BCUT2D eigenvalue weighted by Gasteiger charge is -2.14. The van der Waals surface area contributed by atoms with E-state index in [1.165, 1.54) is 9.75 Å². The van der Waals surface area contributed by atoms with Gasteiger partial charge in [0, 0.05) is 28.9 Å². The van der Waals surface area contributed by atoms with E-state index in [4.69, 9.17) is 4.74 Å². The molecule has 22 heavy (non-hydrogen) atoms. The molecule has 2 N–H and O–H groups in total. The van der Waals surface area contributed by atoms with Gasteiger partial charge in [-0.25, -0.2) is 0 Å². The van der Waals surface area contributed by atoms with E-state index < -0.39 is 0 Å². The van der Waals surface area contributed by atoms with Crippen molar-refractivity contribution in [3.8, 4) is 5.75 Å². The Bertz CT molecular complexity index is 622. The van der Waals surface area contributed by atoms with E-state index in [-0.39, 0.29) is 0 Å². The molecule has 0 atom stereocenters. The van der Waals surface area contributed by atoms with Crippen LogP contribution >= 0.6 is 11.3 Å². The zero-order chi connectivity index (χ0) is 15.8. The SMILES string of the molecule is CCOc1ccccc1CNC(=NC)NCc1ccc(C)s1. The Kier molecular flexibility index (Phi) is 6.27. The maximum absolute atomic E-state index is 5.64. The van der Waals surface area contributed by atoms with Crippen molar-refractivity contribution in [3.63, 3.8) is 0 Å². The van der Waals surface area contributed by atoms with E-state index in [1.807, 2.05) is 25.1 Å². The average molecular weight is 317 g/mol. The molecule has 0 amide bonds. The van der Waals surface area contributed by atoms with E-state index in [1.54, 1.807) is 18.4 Å². The van der Waals surface area contributed by atoms with Gasteiger partial charge in [-0.1, -0.05) is 18.2 Å². The van der Waals surface area contributed by atoms with E-state index in [0.717, 1.165) is 23.8 Å². The first-order valence-corrected chi connectivity index (χ1v) is 8.25. The number of thiophene rings is 1. The minimum Gasteiger partial charge on any atom is -0.494 e. The summed E-state index contributed by atoms with van der Waals surface area (Å²) >= 11 is 1.80. The van der Waals surface area contributed by atoms with Gasteiger partial charge in [0.25, 0.3) is 0 Å². The number of benzene rings is 1. The van der Waals surface area contributed by atoms with Gasteiger partial charge >= 0.3 is 0 Å². The normalized spacial score (nSPS) is 11.3. The van der Waals surface area contributed by atoms with Crippen LogP contribution in [-0.4, -0.2) is 19.6 Å². The van der Waals surface area contributed by atoms with E-state index in [2.05, 4.69) is 40.7 Å². The molecule has 0 saturated heterocycles. The topological polar surface area (TPSA) is 45.6 Å². The molecule has 5 heteroatoms. The summed E-state index contributed by atoms with van der Waals surface area (Å²) in [6.07, 6.45) is 0. The third kappa shape index (κ3) is 4.77. The molecule has 2 rings (SSSR count). The number of guanidine groups is 1. The zero-order valence-electron chi connectivity index (χ0n) is 13.3. The summed E-state index contributed by atoms with van der Waals surface area (Å²) in [6.45, 7) is 6.24. The first-order valence-electron chi connectivity index (χ1n) is 7.43. The van der Waals surface area contributed by atoms with Gasteiger partial charge in [0.05, 0.1) is 13.2 Å². The summed E-state index contributed by atoms with van der Waals surface area (Å²) in [5, 5.41) is 6.65. The van der Waals surface area contributed by atoms with Crippen LogP contribution in [0.15, 0.2) is 41.4 Å². The van der Waals surface area contributed by atoms with Crippen LogP contribution < -0.4 is 15.4 Å². The lowest BCUT2D eigenvalue weighted by molar-refractivity contribution is 0.336. The zero-order valence-corrected chi connectivity index (χ0v) is 14.2. The third-order valence-corrected chi connectivity index (χ3v) is 4.17. The van der Waals surface area contributed by atoms with Gasteiger partial charge in [0.2, 0.25) is 0 Å². The van der Waals surface area contributed by atoms with Crippen molar-refractivity contribution < 1.29 is 4.74 Å². The van der Waals surface area contributed by atoms with Gasteiger partial charge in [-0.15, -0.1) is 11.3 Å². The highest BCUT2D eigenvalue weighted by Gasteiger charge is 2.04. The molecule has 118 valence electrons. The predicted octanol–water partition coefficient (Wildman–Crippen LogP) is 3.32. The minimum absolute atomic E-state index is 0.668. The first-order chi connectivity index (χ1) is 10.7. The number of rotatable bonds is 6. The van der Waals surface area contributed by atoms with Crippen molar-refractivity contribution in [2.45, 2.75) is 26.9 Å². The van der Waals surface area contributed by atoms with Gasteiger partial charge in [0.1, 0.15) is 5.75 Å². The molecule has 0 spiro atoms. The van der Waals surface area contributed by atoms with Crippen LogP contribution in [0.1, 0.15) is 22.2 Å². The van der Waals surface area contributed by atoms with E-state index in [9.17, 15) is 0 Å². The largest absolute Gasteiger partial charge is 0.494 e. The second-order valence-electron chi connectivity index (χ2n) is 4.83. The molecule has 1 aromatic heterocycles. The fourth-order valence-corrected chi connectivity index (χ4v) is 2.93. The third-order valence-electron chi connectivity index (χ3n) is 3.17. The first kappa shape index (κ1) is 16.4. The molecule has 2 aromatic rings. The fourth-order valence-electron chi connectivity index (χ4n) is 2.10. The Morgan fingerprint density at radius 3 is 2.59 bits per heavy atom. The fraction of sp³-hybridized carbons (Fsp3) is 0.353. The summed E-state index contributed by atoms with van der Waals surface area (Å²) in [6, 6.07) is 12.3. The van der Waals surface area contributed by atoms with Crippen molar-refractivity contribution in [3.05, 3.63) is 51.7 Å². The predicted molar refractivity (Wildman–Crippen MR) is 93.7 cm³/mol. The van der Waals surface area contributed by atoms with E-state index >= 15 is 0 Å². The second-order valence-corrected chi connectivity index (χ2v) is 6.20. The molecule has 0 aliphatic rings. The number of aliphatic imine (C=N–C) groups is 1. The lowest BCUT2D eigenvalue weighted by Crippen LogP contribution is -2.36.